The average Bonchev–Trinajstić information content (AvgIpc) is 1.78. The maximum Gasteiger partial charge on any atom is 1.00 e. The normalized spacial score (nSPS) is 10.9. The summed E-state index contributed by atoms with van der Waals surface area (Å²) in [5.74, 6) is 0. The first-order valence-electron chi connectivity index (χ1n) is 3.33. The SMILES string of the molecule is F[B-](F)(F)CCCCCBr.[K+]. The van der Waals surface area contributed by atoms with E-state index in [2.05, 4.69) is 15.9 Å². The van der Waals surface area contributed by atoms with Crippen molar-refractivity contribution in [3.63, 3.8) is 0 Å². The van der Waals surface area contributed by atoms with E-state index in [0.29, 0.717) is 6.42 Å². The first kappa shape index (κ1) is 15.4. The van der Waals surface area contributed by atoms with Gasteiger partial charge in [-0.05, 0) is 6.42 Å². The van der Waals surface area contributed by atoms with Crippen molar-refractivity contribution in [3.05, 3.63) is 0 Å². The summed E-state index contributed by atoms with van der Waals surface area (Å²) in [6, 6.07) is 0. The molecule has 62 valence electrons. The zero-order valence-electron chi connectivity index (χ0n) is 6.62. The van der Waals surface area contributed by atoms with E-state index in [1.54, 1.807) is 0 Å². The molecule has 0 unspecified atom stereocenters. The van der Waals surface area contributed by atoms with E-state index in [9.17, 15) is 12.9 Å². The molecule has 0 aliphatic carbocycles. The van der Waals surface area contributed by atoms with Crippen LogP contribution in [0, 0.1) is 0 Å². The van der Waals surface area contributed by atoms with Gasteiger partial charge in [-0.3, -0.25) is 0 Å². The topological polar surface area (TPSA) is 0 Å². The molecule has 0 atom stereocenters. The van der Waals surface area contributed by atoms with Crippen molar-refractivity contribution in [2.45, 2.75) is 25.6 Å². The van der Waals surface area contributed by atoms with Crippen molar-refractivity contribution in [2.24, 2.45) is 0 Å². The van der Waals surface area contributed by atoms with Crippen LogP contribution in [0.25, 0.3) is 0 Å². The van der Waals surface area contributed by atoms with Gasteiger partial charge in [0.2, 0.25) is 0 Å². The molecule has 0 saturated carbocycles. The summed E-state index contributed by atoms with van der Waals surface area (Å²) < 4.78 is 34.6. The Hall–Kier alpha value is 1.97. The second-order valence-electron chi connectivity index (χ2n) is 2.25. The van der Waals surface area contributed by atoms with Gasteiger partial charge >= 0.3 is 58.4 Å². The van der Waals surface area contributed by atoms with Crippen LogP contribution in [0.15, 0.2) is 0 Å². The number of unbranched alkanes of at least 4 members (excludes halogenated alkanes) is 2. The molecule has 0 N–H and O–H groups in total. The van der Waals surface area contributed by atoms with Gasteiger partial charge in [-0.25, -0.2) is 0 Å². The second-order valence-corrected chi connectivity index (χ2v) is 3.04. The van der Waals surface area contributed by atoms with Crippen molar-refractivity contribution in [3.8, 4) is 0 Å². The molecular formula is C5H10BBrF3K. The maximum absolute atomic E-state index is 11.5. The first-order chi connectivity index (χ1) is 4.56. The number of halogens is 4. The van der Waals surface area contributed by atoms with E-state index in [1.165, 1.54) is 0 Å². The first-order valence-corrected chi connectivity index (χ1v) is 4.45. The molecule has 0 saturated heterocycles. The van der Waals surface area contributed by atoms with Gasteiger partial charge in [0, 0.05) is 5.33 Å². The Morgan fingerprint density at radius 1 is 1.00 bits per heavy atom. The summed E-state index contributed by atoms with van der Waals surface area (Å²) in [4.78, 5) is 0. The molecule has 0 rings (SSSR count). The second kappa shape index (κ2) is 8.56. The largest absolute Gasteiger partial charge is 1.00 e. The van der Waals surface area contributed by atoms with E-state index in [-0.39, 0.29) is 57.8 Å². The molecule has 0 spiro atoms. The average molecular weight is 257 g/mol. The van der Waals surface area contributed by atoms with Gasteiger partial charge in [0.1, 0.15) is 0 Å². The minimum absolute atomic E-state index is 0. The molecule has 0 aromatic carbocycles. The molecule has 0 bridgehead atoms. The summed E-state index contributed by atoms with van der Waals surface area (Å²) in [5.41, 5.74) is 0. The van der Waals surface area contributed by atoms with Crippen LogP contribution in [0.3, 0.4) is 0 Å². The summed E-state index contributed by atoms with van der Waals surface area (Å²) in [6.45, 7) is -4.53. The smallest absolute Gasteiger partial charge is 0.449 e. The molecule has 0 fully saturated rings. The van der Waals surface area contributed by atoms with Crippen LogP contribution in [0.1, 0.15) is 19.3 Å². The van der Waals surface area contributed by atoms with Crippen LogP contribution >= 0.6 is 15.9 Å². The molecule has 6 heteroatoms. The van der Waals surface area contributed by atoms with E-state index < -0.39 is 13.3 Å². The van der Waals surface area contributed by atoms with E-state index >= 15 is 0 Å². The summed E-state index contributed by atoms with van der Waals surface area (Å²) in [6.07, 6.45) is 1.22. The third-order valence-electron chi connectivity index (χ3n) is 1.17. The summed E-state index contributed by atoms with van der Waals surface area (Å²) in [7, 11) is 0. The van der Waals surface area contributed by atoms with Crippen molar-refractivity contribution >= 4 is 22.9 Å². The fourth-order valence-corrected chi connectivity index (χ4v) is 1.04. The molecule has 0 radical (unpaired) electrons. The number of alkyl halides is 1. The van der Waals surface area contributed by atoms with Gasteiger partial charge < -0.3 is 12.9 Å². The van der Waals surface area contributed by atoms with Crippen LogP contribution in [-0.2, 0) is 0 Å². The van der Waals surface area contributed by atoms with Crippen LogP contribution in [0.4, 0.5) is 12.9 Å². The fraction of sp³-hybridized carbons (Fsp3) is 1.00. The third-order valence-corrected chi connectivity index (χ3v) is 1.73. The third kappa shape index (κ3) is 14.8. The van der Waals surface area contributed by atoms with Gasteiger partial charge in [-0.1, -0.05) is 35.1 Å². The molecule has 0 aliphatic rings. The van der Waals surface area contributed by atoms with Gasteiger partial charge in [-0.15, -0.1) is 0 Å². The van der Waals surface area contributed by atoms with Gasteiger partial charge in [0.05, 0.1) is 0 Å². The van der Waals surface area contributed by atoms with E-state index in [0.717, 1.165) is 11.8 Å². The molecule has 0 aromatic heterocycles. The summed E-state index contributed by atoms with van der Waals surface area (Å²) >= 11 is 3.15. The number of rotatable bonds is 5. The Bertz CT molecular complexity index is 88.3. The zero-order valence-corrected chi connectivity index (χ0v) is 11.3. The molecule has 0 amide bonds. The predicted molar refractivity (Wildman–Crippen MR) is 41.5 cm³/mol. The molecule has 11 heavy (non-hydrogen) atoms. The van der Waals surface area contributed by atoms with E-state index in [1.807, 2.05) is 0 Å². The van der Waals surface area contributed by atoms with Crippen molar-refractivity contribution in [1.29, 1.82) is 0 Å². The van der Waals surface area contributed by atoms with Crippen LogP contribution in [0.5, 0.6) is 0 Å². The van der Waals surface area contributed by atoms with Crippen LogP contribution < -0.4 is 51.4 Å². The minimum Gasteiger partial charge on any atom is -0.449 e. The Balaban J connectivity index is 0. The Morgan fingerprint density at radius 3 is 1.91 bits per heavy atom. The van der Waals surface area contributed by atoms with Crippen molar-refractivity contribution in [1.82, 2.24) is 0 Å². The molecule has 0 aliphatic heterocycles. The van der Waals surface area contributed by atoms with Crippen molar-refractivity contribution < 1.29 is 64.3 Å². The van der Waals surface area contributed by atoms with Gasteiger partial charge in [-0.2, -0.15) is 0 Å². The molecule has 0 heterocycles. The van der Waals surface area contributed by atoms with Crippen molar-refractivity contribution in [2.75, 3.05) is 5.33 Å². The minimum atomic E-state index is -4.53. The molecular weight excluding hydrogens is 247 g/mol. The van der Waals surface area contributed by atoms with E-state index in [4.69, 9.17) is 0 Å². The van der Waals surface area contributed by atoms with Crippen LogP contribution in [0.2, 0.25) is 6.32 Å². The quantitative estimate of drug-likeness (QED) is 0.380. The maximum atomic E-state index is 11.5. The molecule has 0 nitrogen and oxygen atoms in total. The summed E-state index contributed by atoms with van der Waals surface area (Å²) in [5, 5.41) is 0.803. The zero-order chi connectivity index (χ0) is 8.04. The fourth-order valence-electron chi connectivity index (χ4n) is 0.647. The Morgan fingerprint density at radius 2 is 1.55 bits per heavy atom. The standard InChI is InChI=1S/C5H10BBrF3.K/c7-5-3-1-2-4-6(8,9)10;/h1-5H2;/q-1;+1. The van der Waals surface area contributed by atoms with Gasteiger partial charge in [0.15, 0.2) is 0 Å². The number of hydrogen-bond donors (Lipinski definition) is 0. The predicted octanol–water partition coefficient (Wildman–Crippen LogP) is 0.403. The Labute approximate surface area is 116 Å². The van der Waals surface area contributed by atoms with Crippen LogP contribution in [-0.4, -0.2) is 12.3 Å². The Kier molecular flexibility index (Phi) is 12.0. The number of hydrogen-bond acceptors (Lipinski definition) is 0. The monoisotopic (exact) mass is 256 g/mol. The molecule has 0 aromatic rings. The van der Waals surface area contributed by atoms with Gasteiger partial charge in [0.25, 0.3) is 0 Å².